The van der Waals surface area contributed by atoms with E-state index in [1.807, 2.05) is 6.07 Å². The molecule has 2 heterocycles. The standard InChI is InChI=1S/C54H36N2O/c1-4-17-37(18-5-1)39-31-33-45(47-26-16-27-48-46-25-12-15-30-53(46)57-54(47)48)51(35-39)55(40-21-8-3-9-22-40)41-32-34-44-43-24-11-14-29-50(43)56(52(44)36-41)49-28-13-10-23-42(49)38-19-6-2-7-20-38/h1-36H. The van der Waals surface area contributed by atoms with Crippen molar-refractivity contribution in [1.29, 1.82) is 0 Å². The number of rotatable bonds is 7. The van der Waals surface area contributed by atoms with Crippen LogP contribution in [0.25, 0.3) is 82.8 Å². The van der Waals surface area contributed by atoms with Gasteiger partial charge in [0.25, 0.3) is 0 Å². The lowest BCUT2D eigenvalue weighted by Crippen LogP contribution is -2.11. The van der Waals surface area contributed by atoms with E-state index in [9.17, 15) is 0 Å². The van der Waals surface area contributed by atoms with Gasteiger partial charge in [0, 0.05) is 49.6 Å². The van der Waals surface area contributed by atoms with Gasteiger partial charge in [0.1, 0.15) is 11.2 Å². The molecule has 0 aliphatic carbocycles. The number of fused-ring (bicyclic) bond motifs is 6. The number of aromatic nitrogens is 1. The molecule has 11 rings (SSSR count). The highest BCUT2D eigenvalue weighted by Gasteiger charge is 2.23. The molecule has 0 spiro atoms. The summed E-state index contributed by atoms with van der Waals surface area (Å²) in [5, 5.41) is 4.65. The molecule has 0 radical (unpaired) electrons. The third-order valence-corrected chi connectivity index (χ3v) is 11.2. The summed E-state index contributed by atoms with van der Waals surface area (Å²) in [6, 6.07) is 78.1. The number of hydrogen-bond acceptors (Lipinski definition) is 2. The highest BCUT2D eigenvalue weighted by atomic mass is 16.3. The van der Waals surface area contributed by atoms with Gasteiger partial charge in [-0.3, -0.25) is 0 Å². The molecule has 9 aromatic carbocycles. The van der Waals surface area contributed by atoms with E-state index in [1.54, 1.807) is 0 Å². The van der Waals surface area contributed by atoms with E-state index in [-0.39, 0.29) is 0 Å². The van der Waals surface area contributed by atoms with E-state index in [2.05, 4.69) is 222 Å². The second-order valence-corrected chi connectivity index (χ2v) is 14.5. The van der Waals surface area contributed by atoms with Crippen LogP contribution < -0.4 is 4.90 Å². The molecular weight excluding hydrogens is 693 g/mol. The van der Waals surface area contributed by atoms with Crippen molar-refractivity contribution in [3.63, 3.8) is 0 Å². The molecular formula is C54H36N2O. The molecule has 0 aliphatic rings. The van der Waals surface area contributed by atoms with Crippen molar-refractivity contribution in [3.8, 4) is 39.1 Å². The van der Waals surface area contributed by atoms with E-state index in [0.717, 1.165) is 72.5 Å². The zero-order valence-corrected chi connectivity index (χ0v) is 31.1. The van der Waals surface area contributed by atoms with Gasteiger partial charge in [-0.2, -0.15) is 0 Å². The number of nitrogens with zero attached hydrogens (tertiary/aromatic N) is 2. The molecule has 0 aliphatic heterocycles. The summed E-state index contributed by atoms with van der Waals surface area (Å²) >= 11 is 0. The maximum absolute atomic E-state index is 6.68. The van der Waals surface area contributed by atoms with Crippen LogP contribution in [0.2, 0.25) is 0 Å². The number of anilines is 3. The average Bonchev–Trinajstić information content (AvgIpc) is 3.83. The van der Waals surface area contributed by atoms with Crippen LogP contribution >= 0.6 is 0 Å². The maximum Gasteiger partial charge on any atom is 0.143 e. The maximum atomic E-state index is 6.68. The summed E-state index contributed by atoms with van der Waals surface area (Å²) in [4.78, 5) is 2.41. The Hall–Kier alpha value is -7.62. The van der Waals surface area contributed by atoms with Crippen molar-refractivity contribution in [1.82, 2.24) is 4.57 Å². The van der Waals surface area contributed by atoms with Crippen LogP contribution in [0.15, 0.2) is 223 Å². The highest BCUT2D eigenvalue weighted by molar-refractivity contribution is 6.13. The van der Waals surface area contributed by atoms with Crippen molar-refractivity contribution >= 4 is 60.8 Å². The van der Waals surface area contributed by atoms with Crippen molar-refractivity contribution in [2.45, 2.75) is 0 Å². The summed E-state index contributed by atoms with van der Waals surface area (Å²) < 4.78 is 9.12. The molecule has 0 N–H and O–H groups in total. The topological polar surface area (TPSA) is 21.3 Å². The van der Waals surface area contributed by atoms with Gasteiger partial charge in [0.15, 0.2) is 0 Å². The SMILES string of the molecule is c1ccc(-c2ccc(-c3cccc4c3oc3ccccc34)c(N(c3ccccc3)c3ccc4c5ccccc5n(-c5ccccc5-c5ccccc5)c4c3)c2)cc1. The second-order valence-electron chi connectivity index (χ2n) is 14.5. The minimum Gasteiger partial charge on any atom is -0.455 e. The lowest BCUT2D eigenvalue weighted by atomic mass is 9.95. The Balaban J connectivity index is 1.20. The average molecular weight is 729 g/mol. The third kappa shape index (κ3) is 5.51. The second kappa shape index (κ2) is 13.6. The van der Waals surface area contributed by atoms with E-state index in [4.69, 9.17) is 4.42 Å². The van der Waals surface area contributed by atoms with Gasteiger partial charge in [0.2, 0.25) is 0 Å². The van der Waals surface area contributed by atoms with E-state index in [0.29, 0.717) is 0 Å². The van der Waals surface area contributed by atoms with Crippen LogP contribution in [-0.2, 0) is 0 Å². The molecule has 0 bridgehead atoms. The van der Waals surface area contributed by atoms with Crippen molar-refractivity contribution < 1.29 is 4.42 Å². The van der Waals surface area contributed by atoms with Crippen molar-refractivity contribution in [2.24, 2.45) is 0 Å². The monoisotopic (exact) mass is 728 g/mol. The van der Waals surface area contributed by atoms with E-state index < -0.39 is 0 Å². The molecule has 11 aromatic rings. The smallest absolute Gasteiger partial charge is 0.143 e. The van der Waals surface area contributed by atoms with Crippen molar-refractivity contribution in [2.75, 3.05) is 4.90 Å². The first kappa shape index (κ1) is 32.8. The fourth-order valence-corrected chi connectivity index (χ4v) is 8.61. The van der Waals surface area contributed by atoms with Crippen LogP contribution in [0.3, 0.4) is 0 Å². The van der Waals surface area contributed by atoms with Crippen LogP contribution in [-0.4, -0.2) is 4.57 Å². The van der Waals surface area contributed by atoms with Gasteiger partial charge in [-0.05, 0) is 65.2 Å². The molecule has 3 nitrogen and oxygen atoms in total. The van der Waals surface area contributed by atoms with Gasteiger partial charge < -0.3 is 13.9 Å². The Morgan fingerprint density at radius 3 is 1.81 bits per heavy atom. The first-order valence-electron chi connectivity index (χ1n) is 19.4. The number of benzene rings is 9. The summed E-state index contributed by atoms with van der Waals surface area (Å²) in [5.74, 6) is 0. The molecule has 0 fully saturated rings. The first-order valence-corrected chi connectivity index (χ1v) is 19.4. The first-order chi connectivity index (χ1) is 28.3. The molecule has 0 atom stereocenters. The lowest BCUT2D eigenvalue weighted by molar-refractivity contribution is 0.670. The fourth-order valence-electron chi connectivity index (χ4n) is 8.61. The molecule has 2 aromatic heterocycles. The lowest BCUT2D eigenvalue weighted by Gasteiger charge is -2.29. The quantitative estimate of drug-likeness (QED) is 0.163. The molecule has 57 heavy (non-hydrogen) atoms. The van der Waals surface area contributed by atoms with Crippen LogP contribution in [0.4, 0.5) is 17.1 Å². The zero-order valence-electron chi connectivity index (χ0n) is 31.1. The molecule has 0 saturated heterocycles. The van der Waals surface area contributed by atoms with Gasteiger partial charge in [-0.25, -0.2) is 0 Å². The Bertz CT molecular complexity index is 3230. The van der Waals surface area contributed by atoms with Crippen LogP contribution in [0, 0.1) is 0 Å². The molecule has 0 amide bonds. The Kier molecular flexibility index (Phi) is 7.82. The van der Waals surface area contributed by atoms with Gasteiger partial charge >= 0.3 is 0 Å². The number of para-hydroxylation sites is 5. The minimum atomic E-state index is 0.883. The van der Waals surface area contributed by atoms with E-state index >= 15 is 0 Å². The fraction of sp³-hybridized carbons (Fsp3) is 0. The Morgan fingerprint density at radius 2 is 0.982 bits per heavy atom. The summed E-state index contributed by atoms with van der Waals surface area (Å²) in [5.41, 5.74) is 15.2. The number of hydrogen-bond donors (Lipinski definition) is 0. The summed E-state index contributed by atoms with van der Waals surface area (Å²) in [6.45, 7) is 0. The predicted octanol–water partition coefficient (Wildman–Crippen LogP) is 15.2. The third-order valence-electron chi connectivity index (χ3n) is 11.2. The molecule has 0 saturated carbocycles. The largest absolute Gasteiger partial charge is 0.455 e. The molecule has 268 valence electrons. The number of furan rings is 1. The van der Waals surface area contributed by atoms with Gasteiger partial charge in [0.05, 0.1) is 22.4 Å². The van der Waals surface area contributed by atoms with Crippen LogP contribution in [0.1, 0.15) is 0 Å². The van der Waals surface area contributed by atoms with Gasteiger partial charge in [-0.15, -0.1) is 0 Å². The van der Waals surface area contributed by atoms with E-state index in [1.165, 1.54) is 27.4 Å². The Morgan fingerprint density at radius 1 is 0.351 bits per heavy atom. The highest BCUT2D eigenvalue weighted by Crippen LogP contribution is 2.47. The zero-order chi connectivity index (χ0) is 37.7. The molecule has 0 unspecified atom stereocenters. The van der Waals surface area contributed by atoms with Crippen LogP contribution in [0.5, 0.6) is 0 Å². The normalized spacial score (nSPS) is 11.5. The minimum absolute atomic E-state index is 0.883. The van der Waals surface area contributed by atoms with Crippen molar-refractivity contribution in [3.05, 3.63) is 218 Å². The molecule has 3 heteroatoms. The predicted molar refractivity (Wildman–Crippen MR) is 239 cm³/mol. The Labute approximate surface area is 330 Å². The van der Waals surface area contributed by atoms with Gasteiger partial charge in [-0.1, -0.05) is 170 Å². The summed E-state index contributed by atoms with van der Waals surface area (Å²) in [6.07, 6.45) is 0. The summed E-state index contributed by atoms with van der Waals surface area (Å²) in [7, 11) is 0.